The van der Waals surface area contributed by atoms with Gasteiger partial charge in [0.2, 0.25) is 0 Å². The smallest absolute Gasteiger partial charge is 0.406 e. The molecule has 0 aromatic heterocycles. The maximum Gasteiger partial charge on any atom is 0.406 e. The van der Waals surface area contributed by atoms with Gasteiger partial charge in [0.1, 0.15) is 12.4 Å². The van der Waals surface area contributed by atoms with Crippen LogP contribution >= 0.6 is 0 Å². The summed E-state index contributed by atoms with van der Waals surface area (Å²) in [5.74, 6) is -3.37. The molecule has 0 aliphatic rings. The van der Waals surface area contributed by atoms with Gasteiger partial charge in [0.15, 0.2) is 0 Å². The first-order valence-corrected chi connectivity index (χ1v) is 5.63. The normalized spacial score (nSPS) is 11.7. The van der Waals surface area contributed by atoms with E-state index < -0.39 is 36.0 Å². The molecule has 0 heterocycles. The Hall–Kier alpha value is -2.38. The monoisotopic (exact) mass is 305 g/mol. The van der Waals surface area contributed by atoms with Crippen molar-refractivity contribution in [3.63, 3.8) is 0 Å². The number of carboxylic acids is 1. The summed E-state index contributed by atoms with van der Waals surface area (Å²) >= 11 is 0. The summed E-state index contributed by atoms with van der Waals surface area (Å²) < 4.78 is 50.2. The first kappa shape index (κ1) is 16.7. The van der Waals surface area contributed by atoms with E-state index in [1.165, 1.54) is 6.07 Å². The van der Waals surface area contributed by atoms with Gasteiger partial charge in [0.05, 0.1) is 5.56 Å². The second-order valence-corrected chi connectivity index (χ2v) is 4.19. The van der Waals surface area contributed by atoms with Crippen molar-refractivity contribution in [2.75, 3.05) is 13.6 Å². The van der Waals surface area contributed by atoms with E-state index in [0.29, 0.717) is 4.90 Å². The molecule has 8 heteroatoms. The highest BCUT2D eigenvalue weighted by atomic mass is 19.4. The molecule has 1 N–H and O–H groups in total. The number of halogens is 4. The van der Waals surface area contributed by atoms with Gasteiger partial charge >= 0.3 is 12.1 Å². The van der Waals surface area contributed by atoms with E-state index in [-0.39, 0.29) is 5.56 Å². The van der Waals surface area contributed by atoms with Crippen molar-refractivity contribution in [1.82, 2.24) is 4.90 Å². The molecule has 0 aliphatic carbocycles. The molecule has 0 radical (unpaired) electrons. The number of carboxylic acid groups (broad SMARTS) is 1. The molecule has 114 valence electrons. The minimum Gasteiger partial charge on any atom is -0.478 e. The van der Waals surface area contributed by atoms with E-state index in [0.717, 1.165) is 31.3 Å². The van der Waals surface area contributed by atoms with Gasteiger partial charge in [0, 0.05) is 13.1 Å². The van der Waals surface area contributed by atoms with Crippen LogP contribution in [0.15, 0.2) is 24.3 Å². The van der Waals surface area contributed by atoms with Crippen LogP contribution in [0.5, 0.6) is 0 Å². The van der Waals surface area contributed by atoms with Crippen molar-refractivity contribution in [2.24, 2.45) is 0 Å². The molecule has 0 fully saturated rings. The van der Waals surface area contributed by atoms with E-state index >= 15 is 0 Å². The molecular weight excluding hydrogens is 294 g/mol. The van der Waals surface area contributed by atoms with Crippen molar-refractivity contribution >= 4 is 18.0 Å². The highest BCUT2D eigenvalue weighted by Crippen LogP contribution is 2.19. The molecule has 1 rings (SSSR count). The van der Waals surface area contributed by atoms with E-state index in [9.17, 15) is 27.2 Å². The summed E-state index contributed by atoms with van der Waals surface area (Å²) in [5, 5.41) is 8.42. The third kappa shape index (κ3) is 5.25. The minimum absolute atomic E-state index is 0.171. The third-order valence-corrected chi connectivity index (χ3v) is 2.41. The van der Waals surface area contributed by atoms with Crippen LogP contribution in [-0.2, 0) is 4.79 Å². The van der Waals surface area contributed by atoms with Gasteiger partial charge in [0.25, 0.3) is 5.91 Å². The molecule has 0 atom stereocenters. The number of benzene rings is 1. The molecule has 0 bridgehead atoms. The van der Waals surface area contributed by atoms with Gasteiger partial charge in [-0.2, -0.15) is 13.2 Å². The van der Waals surface area contributed by atoms with Gasteiger partial charge in [-0.15, -0.1) is 0 Å². The molecular formula is C13H11F4NO3. The Morgan fingerprint density at radius 3 is 2.43 bits per heavy atom. The summed E-state index contributed by atoms with van der Waals surface area (Å²) in [5.41, 5.74) is -0.348. The summed E-state index contributed by atoms with van der Waals surface area (Å²) in [4.78, 5) is 22.4. The summed E-state index contributed by atoms with van der Waals surface area (Å²) in [6, 6.07) is 3.11. The molecule has 0 unspecified atom stereocenters. The number of amides is 1. The fraction of sp³-hybridized carbons (Fsp3) is 0.231. The van der Waals surface area contributed by atoms with E-state index in [2.05, 4.69) is 0 Å². The molecule has 1 amide bonds. The zero-order chi connectivity index (χ0) is 16.2. The van der Waals surface area contributed by atoms with Gasteiger partial charge < -0.3 is 10.0 Å². The third-order valence-electron chi connectivity index (χ3n) is 2.41. The summed E-state index contributed by atoms with van der Waals surface area (Å²) in [6.07, 6.45) is -2.71. The van der Waals surface area contributed by atoms with Crippen LogP contribution in [0.4, 0.5) is 17.6 Å². The Morgan fingerprint density at radius 2 is 1.95 bits per heavy atom. The highest BCUT2D eigenvalue weighted by molar-refractivity contribution is 5.94. The first-order valence-electron chi connectivity index (χ1n) is 5.63. The number of hydrogen-bond acceptors (Lipinski definition) is 2. The molecule has 1 aromatic carbocycles. The Kier molecular flexibility index (Phi) is 5.07. The van der Waals surface area contributed by atoms with Crippen LogP contribution < -0.4 is 0 Å². The molecule has 1 aromatic rings. The van der Waals surface area contributed by atoms with E-state index in [1.54, 1.807) is 0 Å². The van der Waals surface area contributed by atoms with Crippen LogP contribution in [0.3, 0.4) is 0 Å². The van der Waals surface area contributed by atoms with Crippen LogP contribution in [0, 0.1) is 5.82 Å². The average Bonchev–Trinajstić information content (AvgIpc) is 2.33. The molecule has 21 heavy (non-hydrogen) atoms. The number of carbonyl (C=O) groups is 2. The lowest BCUT2D eigenvalue weighted by atomic mass is 10.1. The van der Waals surface area contributed by atoms with E-state index in [4.69, 9.17) is 5.11 Å². The number of hydrogen-bond donors (Lipinski definition) is 1. The number of nitrogens with zero attached hydrogens (tertiary/aromatic N) is 1. The van der Waals surface area contributed by atoms with Crippen LogP contribution in [-0.4, -0.2) is 41.7 Å². The van der Waals surface area contributed by atoms with Crippen molar-refractivity contribution in [1.29, 1.82) is 0 Å². The second kappa shape index (κ2) is 6.38. The lowest BCUT2D eigenvalue weighted by molar-refractivity contribution is -0.138. The number of carbonyl (C=O) groups excluding carboxylic acids is 1. The van der Waals surface area contributed by atoms with Gasteiger partial charge in [-0.1, -0.05) is 6.07 Å². The van der Waals surface area contributed by atoms with E-state index in [1.807, 2.05) is 0 Å². The number of alkyl halides is 3. The highest BCUT2D eigenvalue weighted by Gasteiger charge is 2.32. The fourth-order valence-corrected chi connectivity index (χ4v) is 1.52. The number of rotatable bonds is 4. The van der Waals surface area contributed by atoms with Gasteiger partial charge in [-0.25, -0.2) is 9.18 Å². The zero-order valence-corrected chi connectivity index (χ0v) is 10.8. The quantitative estimate of drug-likeness (QED) is 0.687. The lowest BCUT2D eigenvalue weighted by Crippen LogP contribution is -2.36. The fourth-order valence-electron chi connectivity index (χ4n) is 1.52. The maximum atomic E-state index is 13.7. The molecule has 0 spiro atoms. The van der Waals surface area contributed by atoms with Crippen LogP contribution in [0.1, 0.15) is 15.9 Å². The molecule has 0 saturated heterocycles. The van der Waals surface area contributed by atoms with Crippen molar-refractivity contribution < 1.29 is 32.3 Å². The number of aliphatic carboxylic acids is 1. The minimum atomic E-state index is -4.58. The van der Waals surface area contributed by atoms with Crippen LogP contribution in [0.25, 0.3) is 6.08 Å². The largest absolute Gasteiger partial charge is 0.478 e. The van der Waals surface area contributed by atoms with Crippen molar-refractivity contribution in [3.05, 3.63) is 41.2 Å². The molecule has 0 aliphatic heterocycles. The zero-order valence-electron chi connectivity index (χ0n) is 10.8. The van der Waals surface area contributed by atoms with Gasteiger partial charge in [-0.05, 0) is 23.8 Å². The predicted octanol–water partition coefficient (Wildman–Crippen LogP) is 2.56. The Balaban J connectivity index is 2.94. The Morgan fingerprint density at radius 1 is 1.33 bits per heavy atom. The molecule has 0 saturated carbocycles. The lowest BCUT2D eigenvalue weighted by Gasteiger charge is -2.19. The van der Waals surface area contributed by atoms with Crippen molar-refractivity contribution in [2.45, 2.75) is 6.18 Å². The van der Waals surface area contributed by atoms with Gasteiger partial charge in [-0.3, -0.25) is 4.79 Å². The maximum absolute atomic E-state index is 13.7. The SMILES string of the molecule is CN(CC(F)(F)F)C(=O)c1ccc(C=CC(=O)O)cc1F. The Bertz CT molecular complexity index is 581. The predicted molar refractivity (Wildman–Crippen MR) is 66.1 cm³/mol. The topological polar surface area (TPSA) is 57.6 Å². The molecule has 4 nitrogen and oxygen atoms in total. The standard InChI is InChI=1S/C13H11F4NO3/c1-18(7-13(15,16)17)12(21)9-4-2-8(6-10(9)14)3-5-11(19)20/h2-6H,7H2,1H3,(H,19,20). The average molecular weight is 305 g/mol. The Labute approximate surface area is 117 Å². The van der Waals surface area contributed by atoms with Crippen molar-refractivity contribution in [3.8, 4) is 0 Å². The summed E-state index contributed by atoms with van der Waals surface area (Å²) in [7, 11) is 0.910. The first-order chi connectivity index (χ1) is 9.60. The summed E-state index contributed by atoms with van der Waals surface area (Å²) in [6.45, 7) is -1.49. The second-order valence-electron chi connectivity index (χ2n) is 4.19. The van der Waals surface area contributed by atoms with Crippen LogP contribution in [0.2, 0.25) is 0 Å².